The Labute approximate surface area is 160 Å². The van der Waals surface area contributed by atoms with E-state index < -0.39 is 0 Å². The molecule has 0 atom stereocenters. The van der Waals surface area contributed by atoms with E-state index in [9.17, 15) is 0 Å². The van der Waals surface area contributed by atoms with Gasteiger partial charge in [-0.1, -0.05) is 0 Å². The van der Waals surface area contributed by atoms with Crippen molar-refractivity contribution in [1.82, 2.24) is 15.6 Å². The summed E-state index contributed by atoms with van der Waals surface area (Å²) in [6, 6.07) is 3.79. The highest BCUT2D eigenvalue weighted by atomic mass is 127. The molecule has 132 valence electrons. The van der Waals surface area contributed by atoms with Crippen molar-refractivity contribution in [2.75, 3.05) is 13.7 Å². The van der Waals surface area contributed by atoms with Crippen LogP contribution in [0.1, 0.15) is 29.5 Å². The maximum absolute atomic E-state index is 5.44. The van der Waals surface area contributed by atoms with Gasteiger partial charge in [0.2, 0.25) is 0 Å². The first-order valence-corrected chi connectivity index (χ1v) is 7.69. The second-order valence-electron chi connectivity index (χ2n) is 5.17. The van der Waals surface area contributed by atoms with Crippen LogP contribution in [0.15, 0.2) is 34.0 Å². The van der Waals surface area contributed by atoms with Crippen LogP contribution in [0.2, 0.25) is 0 Å². The molecule has 0 radical (unpaired) electrons. The average molecular weight is 444 g/mol. The van der Waals surface area contributed by atoms with Crippen molar-refractivity contribution < 1.29 is 9.15 Å². The van der Waals surface area contributed by atoms with Crippen LogP contribution in [0.25, 0.3) is 0 Å². The summed E-state index contributed by atoms with van der Waals surface area (Å²) in [5.41, 5.74) is 2.96. The number of pyridine rings is 1. The fraction of sp³-hybridized carbons (Fsp3) is 0.412. The van der Waals surface area contributed by atoms with Crippen molar-refractivity contribution >= 4 is 29.9 Å². The molecule has 0 aliphatic heterocycles. The van der Waals surface area contributed by atoms with Gasteiger partial charge in [0, 0.05) is 23.9 Å². The maximum Gasteiger partial charge on any atom is 0.192 e. The summed E-state index contributed by atoms with van der Waals surface area (Å²) in [6.45, 7) is 7.88. The molecule has 6 nitrogen and oxygen atoms in total. The van der Waals surface area contributed by atoms with Crippen molar-refractivity contribution in [1.29, 1.82) is 0 Å². The second kappa shape index (κ2) is 10.2. The van der Waals surface area contributed by atoms with E-state index in [0.29, 0.717) is 13.1 Å². The molecular weight excluding hydrogens is 419 g/mol. The van der Waals surface area contributed by atoms with Gasteiger partial charge in [-0.2, -0.15) is 0 Å². The number of nitrogens with one attached hydrogen (secondary N) is 2. The fourth-order valence-electron chi connectivity index (χ4n) is 2.31. The summed E-state index contributed by atoms with van der Waals surface area (Å²) in [6.07, 6.45) is 3.48. The Hall–Kier alpha value is -1.77. The Morgan fingerprint density at radius 1 is 1.33 bits per heavy atom. The zero-order valence-corrected chi connectivity index (χ0v) is 16.9. The van der Waals surface area contributed by atoms with Gasteiger partial charge in [-0.05, 0) is 32.9 Å². The molecule has 2 heterocycles. The summed E-state index contributed by atoms with van der Waals surface area (Å²) in [5.74, 6) is 2.46. The van der Waals surface area contributed by atoms with Crippen molar-refractivity contribution in [2.24, 2.45) is 4.99 Å². The predicted molar refractivity (Wildman–Crippen MR) is 106 cm³/mol. The van der Waals surface area contributed by atoms with E-state index in [1.807, 2.05) is 39.1 Å². The number of ether oxygens (including phenoxy) is 1. The number of hydrogen-bond acceptors (Lipinski definition) is 4. The number of furan rings is 1. The third kappa shape index (κ3) is 5.40. The smallest absolute Gasteiger partial charge is 0.192 e. The monoisotopic (exact) mass is 444 g/mol. The zero-order valence-electron chi connectivity index (χ0n) is 14.5. The third-order valence-corrected chi connectivity index (χ3v) is 3.49. The Kier molecular flexibility index (Phi) is 8.59. The molecule has 0 saturated carbocycles. The minimum absolute atomic E-state index is 0. The van der Waals surface area contributed by atoms with Crippen LogP contribution in [-0.2, 0) is 13.1 Å². The van der Waals surface area contributed by atoms with Crippen molar-refractivity contribution in [2.45, 2.75) is 33.9 Å². The lowest BCUT2D eigenvalue weighted by Crippen LogP contribution is -2.36. The third-order valence-electron chi connectivity index (χ3n) is 3.49. The molecule has 24 heavy (non-hydrogen) atoms. The topological polar surface area (TPSA) is 71.7 Å². The Balaban J connectivity index is 0.00000288. The van der Waals surface area contributed by atoms with Gasteiger partial charge in [-0.3, -0.25) is 4.98 Å². The van der Waals surface area contributed by atoms with Crippen LogP contribution in [0, 0.1) is 13.8 Å². The second-order valence-corrected chi connectivity index (χ2v) is 5.17. The highest BCUT2D eigenvalue weighted by Crippen LogP contribution is 2.24. The van der Waals surface area contributed by atoms with E-state index in [0.717, 1.165) is 40.8 Å². The minimum atomic E-state index is 0. The molecule has 0 bridgehead atoms. The van der Waals surface area contributed by atoms with E-state index >= 15 is 0 Å². The van der Waals surface area contributed by atoms with Crippen molar-refractivity contribution in [3.63, 3.8) is 0 Å². The molecule has 0 saturated heterocycles. The number of aromatic nitrogens is 1. The SMILES string of the molecule is CCNC(=NCc1ncc(C)c(OC)c1C)NCc1ccco1.I. The molecule has 0 aliphatic rings. The van der Waals surface area contributed by atoms with Gasteiger partial charge in [-0.15, -0.1) is 24.0 Å². The standard InChI is InChI=1S/C17H24N4O2.HI/c1-5-18-17(20-10-14-7-6-8-23-14)21-11-15-13(3)16(22-4)12(2)9-19-15;/h6-9H,5,10-11H2,1-4H3,(H2,18,20,21);1H. The van der Waals surface area contributed by atoms with Gasteiger partial charge in [0.05, 0.1) is 32.2 Å². The first-order valence-electron chi connectivity index (χ1n) is 7.69. The van der Waals surface area contributed by atoms with Gasteiger partial charge in [-0.25, -0.2) is 4.99 Å². The molecule has 0 aliphatic carbocycles. The Bertz CT molecular complexity index is 657. The number of rotatable bonds is 6. The Morgan fingerprint density at radius 3 is 2.75 bits per heavy atom. The van der Waals surface area contributed by atoms with E-state index in [1.165, 1.54) is 0 Å². The van der Waals surface area contributed by atoms with Gasteiger partial charge in [0.25, 0.3) is 0 Å². The number of aryl methyl sites for hydroxylation is 1. The largest absolute Gasteiger partial charge is 0.496 e. The number of guanidine groups is 1. The minimum Gasteiger partial charge on any atom is -0.496 e. The summed E-state index contributed by atoms with van der Waals surface area (Å²) in [4.78, 5) is 9.05. The lowest BCUT2D eigenvalue weighted by molar-refractivity contribution is 0.407. The van der Waals surface area contributed by atoms with Gasteiger partial charge < -0.3 is 19.8 Å². The summed E-state index contributed by atoms with van der Waals surface area (Å²) in [5, 5.41) is 6.45. The predicted octanol–water partition coefficient (Wildman–Crippen LogP) is 3.17. The molecule has 0 amide bonds. The average Bonchev–Trinajstić information content (AvgIpc) is 3.05. The van der Waals surface area contributed by atoms with Gasteiger partial charge >= 0.3 is 0 Å². The number of hydrogen-bond donors (Lipinski definition) is 2. The van der Waals surface area contributed by atoms with E-state index in [4.69, 9.17) is 9.15 Å². The summed E-state index contributed by atoms with van der Waals surface area (Å²) < 4.78 is 10.7. The molecular formula is C17H25IN4O2. The van der Waals surface area contributed by atoms with E-state index in [2.05, 4.69) is 20.6 Å². The van der Waals surface area contributed by atoms with Crippen molar-refractivity contribution in [3.8, 4) is 5.75 Å². The first-order chi connectivity index (χ1) is 11.2. The molecule has 0 unspecified atom stereocenters. The van der Waals surface area contributed by atoms with Crippen molar-refractivity contribution in [3.05, 3.63) is 47.2 Å². The zero-order chi connectivity index (χ0) is 16.7. The molecule has 2 aromatic heterocycles. The van der Waals surface area contributed by atoms with Crippen LogP contribution in [0.3, 0.4) is 0 Å². The van der Waals surface area contributed by atoms with Crippen LogP contribution in [0.4, 0.5) is 0 Å². The highest BCUT2D eigenvalue weighted by Gasteiger charge is 2.09. The Morgan fingerprint density at radius 2 is 2.12 bits per heavy atom. The van der Waals surface area contributed by atoms with E-state index in [1.54, 1.807) is 13.4 Å². The quantitative estimate of drug-likeness (QED) is 0.407. The number of halogens is 1. The first kappa shape index (κ1) is 20.3. The van der Waals surface area contributed by atoms with Crippen LogP contribution in [-0.4, -0.2) is 24.6 Å². The normalized spacial score (nSPS) is 10.9. The molecule has 2 aromatic rings. The molecule has 7 heteroatoms. The lowest BCUT2D eigenvalue weighted by atomic mass is 10.1. The molecule has 0 spiro atoms. The number of aliphatic imine (C=N–C) groups is 1. The highest BCUT2D eigenvalue weighted by molar-refractivity contribution is 14.0. The number of methoxy groups -OCH3 is 1. The maximum atomic E-state index is 5.44. The number of nitrogens with zero attached hydrogens (tertiary/aromatic N) is 2. The van der Waals surface area contributed by atoms with Crippen LogP contribution >= 0.6 is 24.0 Å². The van der Waals surface area contributed by atoms with Crippen LogP contribution in [0.5, 0.6) is 5.75 Å². The lowest BCUT2D eigenvalue weighted by Gasteiger charge is -2.13. The molecule has 0 fully saturated rings. The molecule has 2 rings (SSSR count). The van der Waals surface area contributed by atoms with Gasteiger partial charge in [0.15, 0.2) is 5.96 Å². The fourth-order valence-corrected chi connectivity index (χ4v) is 2.31. The van der Waals surface area contributed by atoms with Crippen LogP contribution < -0.4 is 15.4 Å². The molecule has 2 N–H and O–H groups in total. The molecule has 0 aromatic carbocycles. The summed E-state index contributed by atoms with van der Waals surface area (Å²) in [7, 11) is 1.68. The van der Waals surface area contributed by atoms with E-state index in [-0.39, 0.29) is 24.0 Å². The summed E-state index contributed by atoms with van der Waals surface area (Å²) >= 11 is 0. The van der Waals surface area contributed by atoms with Gasteiger partial charge in [0.1, 0.15) is 11.5 Å².